The van der Waals surface area contributed by atoms with Crippen molar-refractivity contribution in [2.24, 2.45) is 0 Å². The van der Waals surface area contributed by atoms with E-state index in [4.69, 9.17) is 0 Å². The molecule has 4 nitrogen and oxygen atoms in total. The Morgan fingerprint density at radius 2 is 1.94 bits per heavy atom. The quantitative estimate of drug-likeness (QED) is 0.854. The molecule has 102 valence electrons. The van der Waals surface area contributed by atoms with Gasteiger partial charge >= 0.3 is 0 Å². The van der Waals surface area contributed by atoms with E-state index in [1.54, 1.807) is 6.92 Å². The molecule has 0 aliphatic rings. The molecule has 0 aliphatic heterocycles. The molecule has 0 heterocycles. The summed E-state index contributed by atoms with van der Waals surface area (Å²) in [5.74, 6) is -0.732. The molecular formula is C12H19FN2O2S. The highest BCUT2D eigenvalue weighted by Crippen LogP contribution is 2.14. The number of hydrogen-bond acceptors (Lipinski definition) is 3. The van der Waals surface area contributed by atoms with Gasteiger partial charge in [-0.1, -0.05) is 12.1 Å². The van der Waals surface area contributed by atoms with Crippen molar-refractivity contribution >= 4 is 10.0 Å². The monoisotopic (exact) mass is 274 g/mol. The zero-order valence-corrected chi connectivity index (χ0v) is 11.7. The lowest BCUT2D eigenvalue weighted by Gasteiger charge is -2.17. The van der Waals surface area contributed by atoms with Gasteiger partial charge in [-0.2, -0.15) is 0 Å². The van der Waals surface area contributed by atoms with Gasteiger partial charge in [-0.05, 0) is 46.1 Å². The lowest BCUT2D eigenvalue weighted by molar-refractivity contribution is 0.378. The van der Waals surface area contributed by atoms with Crippen molar-refractivity contribution in [2.45, 2.75) is 24.3 Å². The minimum Gasteiger partial charge on any atom is -0.309 e. The van der Waals surface area contributed by atoms with Gasteiger partial charge in [0, 0.05) is 6.04 Å². The van der Waals surface area contributed by atoms with Gasteiger partial charge in [0.1, 0.15) is 10.7 Å². The van der Waals surface area contributed by atoms with Crippen molar-refractivity contribution in [1.82, 2.24) is 9.62 Å². The second-order valence-electron chi connectivity index (χ2n) is 4.54. The third-order valence-corrected chi connectivity index (χ3v) is 4.11. The Morgan fingerprint density at radius 3 is 2.50 bits per heavy atom. The van der Waals surface area contributed by atoms with Crippen molar-refractivity contribution in [2.75, 3.05) is 20.6 Å². The van der Waals surface area contributed by atoms with Crippen LogP contribution in [0.1, 0.15) is 13.3 Å². The maximum absolute atomic E-state index is 13.4. The van der Waals surface area contributed by atoms with E-state index < -0.39 is 15.8 Å². The summed E-state index contributed by atoms with van der Waals surface area (Å²) in [5.41, 5.74) is 0. The molecule has 0 fully saturated rings. The van der Waals surface area contributed by atoms with Crippen LogP contribution in [0.15, 0.2) is 29.2 Å². The Hall–Kier alpha value is -0.980. The molecular weight excluding hydrogens is 255 g/mol. The molecule has 6 heteroatoms. The molecule has 0 spiro atoms. The number of nitrogens with one attached hydrogen (secondary N) is 1. The first-order valence-electron chi connectivity index (χ1n) is 5.74. The second kappa shape index (κ2) is 6.26. The topological polar surface area (TPSA) is 49.4 Å². The fraction of sp³-hybridized carbons (Fsp3) is 0.500. The van der Waals surface area contributed by atoms with Crippen LogP contribution in [0.3, 0.4) is 0 Å². The van der Waals surface area contributed by atoms with Gasteiger partial charge in [0.2, 0.25) is 10.0 Å². The van der Waals surface area contributed by atoms with Crippen LogP contribution in [-0.4, -0.2) is 40.0 Å². The van der Waals surface area contributed by atoms with Gasteiger partial charge in [-0.15, -0.1) is 0 Å². The van der Waals surface area contributed by atoms with E-state index in [-0.39, 0.29) is 10.9 Å². The zero-order chi connectivity index (χ0) is 13.8. The summed E-state index contributed by atoms with van der Waals surface area (Å²) in [4.78, 5) is 1.66. The van der Waals surface area contributed by atoms with Crippen molar-refractivity contribution < 1.29 is 12.8 Å². The highest BCUT2D eigenvalue weighted by Gasteiger charge is 2.20. The van der Waals surface area contributed by atoms with Crippen molar-refractivity contribution in [3.63, 3.8) is 0 Å². The molecule has 1 aromatic carbocycles. The van der Waals surface area contributed by atoms with Gasteiger partial charge < -0.3 is 4.90 Å². The normalized spacial score (nSPS) is 13.8. The molecule has 1 rings (SSSR count). The molecule has 1 atom stereocenters. The number of halogens is 1. The summed E-state index contributed by atoms with van der Waals surface area (Å²) in [6.45, 7) is 2.53. The first-order valence-corrected chi connectivity index (χ1v) is 7.23. The highest BCUT2D eigenvalue weighted by molar-refractivity contribution is 7.89. The minimum absolute atomic E-state index is 0.239. The fourth-order valence-corrected chi connectivity index (χ4v) is 2.86. The summed E-state index contributed by atoms with van der Waals surface area (Å²) in [6, 6.07) is 5.12. The Balaban J connectivity index is 2.74. The average Bonchev–Trinajstić information content (AvgIpc) is 2.26. The highest BCUT2D eigenvalue weighted by atomic mass is 32.2. The second-order valence-corrected chi connectivity index (χ2v) is 6.23. The maximum atomic E-state index is 13.4. The van der Waals surface area contributed by atoms with Gasteiger partial charge in [0.25, 0.3) is 0 Å². The minimum atomic E-state index is -3.78. The van der Waals surface area contributed by atoms with Crippen LogP contribution >= 0.6 is 0 Å². The first kappa shape index (κ1) is 15.1. The smallest absolute Gasteiger partial charge is 0.243 e. The van der Waals surface area contributed by atoms with Crippen LogP contribution in [0.2, 0.25) is 0 Å². The SMILES string of the molecule is CC(CCN(C)C)NS(=O)(=O)c1ccccc1F. The molecule has 1 N–H and O–H groups in total. The number of nitrogens with zero attached hydrogens (tertiary/aromatic N) is 1. The lowest BCUT2D eigenvalue weighted by atomic mass is 10.2. The van der Waals surface area contributed by atoms with E-state index in [0.29, 0.717) is 6.42 Å². The van der Waals surface area contributed by atoms with Crippen LogP contribution in [0.4, 0.5) is 4.39 Å². The number of benzene rings is 1. The molecule has 18 heavy (non-hydrogen) atoms. The molecule has 1 aromatic rings. The molecule has 0 bridgehead atoms. The summed E-state index contributed by atoms with van der Waals surface area (Å²) in [5, 5.41) is 0. The largest absolute Gasteiger partial charge is 0.309 e. The Kier molecular flexibility index (Phi) is 5.25. The van der Waals surface area contributed by atoms with Gasteiger partial charge in [-0.3, -0.25) is 0 Å². The van der Waals surface area contributed by atoms with Crippen LogP contribution < -0.4 is 4.72 Å². The van der Waals surface area contributed by atoms with Crippen LogP contribution in [-0.2, 0) is 10.0 Å². The molecule has 1 unspecified atom stereocenters. The molecule has 0 saturated heterocycles. The van der Waals surface area contributed by atoms with Gasteiger partial charge in [0.15, 0.2) is 0 Å². The van der Waals surface area contributed by atoms with Gasteiger partial charge in [0.05, 0.1) is 0 Å². The number of hydrogen-bond donors (Lipinski definition) is 1. The van der Waals surface area contributed by atoms with Gasteiger partial charge in [-0.25, -0.2) is 17.5 Å². The molecule has 0 saturated carbocycles. The van der Waals surface area contributed by atoms with Crippen molar-refractivity contribution in [3.05, 3.63) is 30.1 Å². The van der Waals surface area contributed by atoms with E-state index in [2.05, 4.69) is 4.72 Å². The molecule has 0 amide bonds. The van der Waals surface area contributed by atoms with E-state index in [9.17, 15) is 12.8 Å². The molecule has 0 aromatic heterocycles. The molecule has 0 aliphatic carbocycles. The van der Waals surface area contributed by atoms with E-state index in [0.717, 1.165) is 12.6 Å². The summed E-state index contributed by atoms with van der Waals surface area (Å²) >= 11 is 0. The van der Waals surface area contributed by atoms with E-state index >= 15 is 0 Å². The molecule has 0 radical (unpaired) electrons. The predicted octanol–water partition coefficient (Wildman–Crippen LogP) is 1.44. The van der Waals surface area contributed by atoms with E-state index in [1.165, 1.54) is 18.2 Å². The first-order chi connectivity index (χ1) is 8.33. The summed E-state index contributed by atoms with van der Waals surface area (Å²) in [7, 11) is 0.0479. The number of rotatable bonds is 6. The van der Waals surface area contributed by atoms with E-state index in [1.807, 2.05) is 19.0 Å². The lowest BCUT2D eigenvalue weighted by Crippen LogP contribution is -2.35. The van der Waals surface area contributed by atoms with Crippen molar-refractivity contribution in [1.29, 1.82) is 0 Å². The maximum Gasteiger partial charge on any atom is 0.243 e. The fourth-order valence-electron chi connectivity index (χ4n) is 1.50. The third kappa shape index (κ3) is 4.36. The summed E-state index contributed by atoms with van der Waals surface area (Å²) in [6.07, 6.45) is 0.667. The average molecular weight is 274 g/mol. The van der Waals surface area contributed by atoms with Crippen LogP contribution in [0, 0.1) is 5.82 Å². The van der Waals surface area contributed by atoms with Crippen LogP contribution in [0.25, 0.3) is 0 Å². The standard InChI is InChI=1S/C12H19FN2O2S/c1-10(8-9-15(2)3)14-18(16,17)12-7-5-4-6-11(12)13/h4-7,10,14H,8-9H2,1-3H3. The summed E-state index contributed by atoms with van der Waals surface area (Å²) < 4.78 is 39.8. The Bertz CT molecular complexity index is 489. The predicted molar refractivity (Wildman–Crippen MR) is 69.4 cm³/mol. The van der Waals surface area contributed by atoms with Crippen molar-refractivity contribution in [3.8, 4) is 0 Å². The third-order valence-electron chi connectivity index (χ3n) is 2.49. The van der Waals surface area contributed by atoms with Crippen LogP contribution in [0.5, 0.6) is 0 Å². The Labute approximate surface area is 108 Å². The number of sulfonamides is 1. The zero-order valence-electron chi connectivity index (χ0n) is 10.9. The Morgan fingerprint density at radius 1 is 1.33 bits per heavy atom.